The maximum absolute atomic E-state index is 13.2. The van der Waals surface area contributed by atoms with Gasteiger partial charge in [0.25, 0.3) is 0 Å². The first-order valence-electron chi connectivity index (χ1n) is 11.9. The van der Waals surface area contributed by atoms with Gasteiger partial charge in [-0.25, -0.2) is 0 Å². The number of methoxy groups -OCH3 is 1. The molecular weight excluding hydrogens is 448 g/mol. The fourth-order valence-corrected chi connectivity index (χ4v) is 4.36. The third-order valence-corrected chi connectivity index (χ3v) is 6.09. The molecule has 2 aromatic rings. The van der Waals surface area contributed by atoms with E-state index in [0.717, 1.165) is 18.4 Å². The Morgan fingerprint density at radius 2 is 1.80 bits per heavy atom. The molecule has 8 nitrogen and oxygen atoms in total. The summed E-state index contributed by atoms with van der Waals surface area (Å²) < 4.78 is 11.0. The fourth-order valence-electron chi connectivity index (χ4n) is 4.36. The number of carbonyl (C=O) groups is 4. The SMILES string of the molecule is CCCCN1C(=O)CCC(C(=O)OCC(=O)c2ccc(NC(C)=O)cc2)C1c1ccccc1OC. The molecule has 0 aliphatic carbocycles. The van der Waals surface area contributed by atoms with Gasteiger partial charge in [-0.1, -0.05) is 31.5 Å². The molecular formula is C27H32N2O6. The Kier molecular flexibility index (Phi) is 9.00. The van der Waals surface area contributed by atoms with Crippen molar-refractivity contribution >= 4 is 29.3 Å². The second-order valence-corrected chi connectivity index (χ2v) is 8.56. The summed E-state index contributed by atoms with van der Waals surface area (Å²) in [7, 11) is 1.56. The van der Waals surface area contributed by atoms with Gasteiger partial charge in [0.2, 0.25) is 11.8 Å². The van der Waals surface area contributed by atoms with Crippen molar-refractivity contribution in [2.45, 2.75) is 45.6 Å². The van der Waals surface area contributed by atoms with Gasteiger partial charge in [0.15, 0.2) is 12.4 Å². The molecule has 0 saturated carbocycles. The van der Waals surface area contributed by atoms with Crippen LogP contribution in [0.4, 0.5) is 5.69 Å². The number of carbonyl (C=O) groups excluding carboxylic acids is 4. The molecule has 2 amide bonds. The molecule has 0 radical (unpaired) electrons. The van der Waals surface area contributed by atoms with Gasteiger partial charge in [0, 0.05) is 36.7 Å². The van der Waals surface area contributed by atoms with E-state index in [-0.39, 0.29) is 24.0 Å². The number of Topliss-reactive ketones (excluding diaryl/α,β-unsaturated/α-hetero) is 1. The summed E-state index contributed by atoms with van der Waals surface area (Å²) in [4.78, 5) is 51.6. The molecule has 1 N–H and O–H groups in total. The highest BCUT2D eigenvalue weighted by atomic mass is 16.5. The van der Waals surface area contributed by atoms with Crippen LogP contribution in [0, 0.1) is 5.92 Å². The summed E-state index contributed by atoms with van der Waals surface area (Å²) in [6, 6.07) is 13.2. The molecule has 2 aromatic carbocycles. The van der Waals surface area contributed by atoms with Crippen LogP contribution >= 0.6 is 0 Å². The molecule has 1 aliphatic heterocycles. The lowest BCUT2D eigenvalue weighted by Gasteiger charge is -2.40. The monoisotopic (exact) mass is 480 g/mol. The van der Waals surface area contributed by atoms with E-state index in [9.17, 15) is 19.2 Å². The quantitative estimate of drug-likeness (QED) is 0.405. The van der Waals surface area contributed by atoms with Gasteiger partial charge < -0.3 is 19.7 Å². The lowest BCUT2D eigenvalue weighted by atomic mass is 9.83. The van der Waals surface area contributed by atoms with E-state index in [0.29, 0.717) is 30.0 Å². The average Bonchev–Trinajstić information content (AvgIpc) is 2.86. The molecule has 0 bridgehead atoms. The Labute approximate surface area is 205 Å². The van der Waals surface area contributed by atoms with E-state index >= 15 is 0 Å². The maximum atomic E-state index is 13.2. The van der Waals surface area contributed by atoms with Gasteiger partial charge in [-0.15, -0.1) is 0 Å². The molecule has 1 fully saturated rings. The Morgan fingerprint density at radius 3 is 2.46 bits per heavy atom. The van der Waals surface area contributed by atoms with Crippen LogP contribution < -0.4 is 10.1 Å². The van der Waals surface area contributed by atoms with Crippen molar-refractivity contribution in [3.63, 3.8) is 0 Å². The number of rotatable bonds is 10. The molecule has 1 heterocycles. The summed E-state index contributed by atoms with van der Waals surface area (Å²) in [5.41, 5.74) is 1.70. The van der Waals surface area contributed by atoms with E-state index in [2.05, 4.69) is 5.32 Å². The highest BCUT2D eigenvalue weighted by Crippen LogP contribution is 2.41. The molecule has 3 rings (SSSR count). The Bertz CT molecular complexity index is 1070. The number of ketones is 1. The molecule has 35 heavy (non-hydrogen) atoms. The first-order chi connectivity index (χ1) is 16.8. The number of unbranched alkanes of at least 4 members (excludes halogenated alkanes) is 1. The summed E-state index contributed by atoms with van der Waals surface area (Å²) in [6.45, 7) is 3.57. The largest absolute Gasteiger partial charge is 0.496 e. The smallest absolute Gasteiger partial charge is 0.311 e. The predicted octanol–water partition coefficient (Wildman–Crippen LogP) is 4.16. The number of esters is 1. The molecule has 8 heteroatoms. The minimum atomic E-state index is -0.615. The zero-order chi connectivity index (χ0) is 25.4. The Hall–Kier alpha value is -3.68. The number of benzene rings is 2. The van der Waals surface area contributed by atoms with Gasteiger partial charge in [-0.05, 0) is 43.2 Å². The summed E-state index contributed by atoms with van der Waals surface area (Å²) in [5, 5.41) is 2.64. The van der Waals surface area contributed by atoms with E-state index < -0.39 is 24.5 Å². The van der Waals surface area contributed by atoms with Gasteiger partial charge in [-0.3, -0.25) is 19.2 Å². The lowest BCUT2D eigenvalue weighted by molar-refractivity contribution is -0.156. The number of hydrogen-bond acceptors (Lipinski definition) is 6. The van der Waals surface area contributed by atoms with Gasteiger partial charge >= 0.3 is 5.97 Å². The highest BCUT2D eigenvalue weighted by molar-refractivity contribution is 5.99. The van der Waals surface area contributed by atoms with Crippen LogP contribution in [0.15, 0.2) is 48.5 Å². The van der Waals surface area contributed by atoms with E-state index in [1.54, 1.807) is 36.3 Å². The minimum absolute atomic E-state index is 0.00579. The average molecular weight is 481 g/mol. The molecule has 0 spiro atoms. The number of hydrogen-bond donors (Lipinski definition) is 1. The first kappa shape index (κ1) is 25.9. The zero-order valence-corrected chi connectivity index (χ0v) is 20.4. The van der Waals surface area contributed by atoms with E-state index in [4.69, 9.17) is 9.47 Å². The second kappa shape index (κ2) is 12.1. The van der Waals surface area contributed by atoms with Crippen LogP contribution in [-0.4, -0.2) is 48.7 Å². The van der Waals surface area contributed by atoms with Crippen molar-refractivity contribution in [2.24, 2.45) is 5.92 Å². The molecule has 1 saturated heterocycles. The van der Waals surface area contributed by atoms with E-state index in [1.165, 1.54) is 6.92 Å². The topological polar surface area (TPSA) is 102 Å². The minimum Gasteiger partial charge on any atom is -0.496 e. The van der Waals surface area contributed by atoms with Crippen molar-refractivity contribution in [1.29, 1.82) is 0 Å². The number of para-hydroxylation sites is 1. The highest BCUT2D eigenvalue weighted by Gasteiger charge is 2.42. The number of amides is 2. The van der Waals surface area contributed by atoms with Gasteiger partial charge in [0.05, 0.1) is 19.1 Å². The first-order valence-corrected chi connectivity index (χ1v) is 11.9. The van der Waals surface area contributed by atoms with Gasteiger partial charge in [-0.2, -0.15) is 0 Å². The van der Waals surface area contributed by atoms with Crippen LogP contribution in [0.2, 0.25) is 0 Å². The molecule has 2 atom stereocenters. The van der Waals surface area contributed by atoms with Crippen molar-refractivity contribution in [2.75, 3.05) is 25.6 Å². The Balaban J connectivity index is 1.77. The standard InChI is InChI=1S/C27H32N2O6/c1-4-5-16-29-25(32)15-14-22(26(29)21-8-6-7-9-24(21)34-3)27(33)35-17-23(31)19-10-12-20(13-11-19)28-18(2)30/h6-13,22,26H,4-5,14-17H2,1-3H3,(H,28,30). The number of nitrogens with zero attached hydrogens (tertiary/aromatic N) is 1. The fraction of sp³-hybridized carbons (Fsp3) is 0.407. The van der Waals surface area contributed by atoms with Crippen LogP contribution in [-0.2, 0) is 19.1 Å². The van der Waals surface area contributed by atoms with Crippen molar-refractivity contribution in [1.82, 2.24) is 4.90 Å². The van der Waals surface area contributed by atoms with Crippen molar-refractivity contribution < 1.29 is 28.7 Å². The number of nitrogens with one attached hydrogen (secondary N) is 1. The number of anilines is 1. The zero-order valence-electron chi connectivity index (χ0n) is 20.4. The summed E-state index contributed by atoms with van der Waals surface area (Å²) >= 11 is 0. The molecule has 0 aromatic heterocycles. The predicted molar refractivity (Wildman–Crippen MR) is 131 cm³/mol. The maximum Gasteiger partial charge on any atom is 0.311 e. The summed E-state index contributed by atoms with van der Waals surface area (Å²) in [5.74, 6) is -1.10. The van der Waals surface area contributed by atoms with Crippen LogP contribution in [0.5, 0.6) is 5.75 Å². The van der Waals surface area contributed by atoms with Crippen LogP contribution in [0.25, 0.3) is 0 Å². The third kappa shape index (κ3) is 6.47. The second-order valence-electron chi connectivity index (χ2n) is 8.56. The summed E-state index contributed by atoms with van der Waals surface area (Å²) in [6.07, 6.45) is 2.30. The normalized spacial score (nSPS) is 17.6. The van der Waals surface area contributed by atoms with E-state index in [1.807, 2.05) is 31.2 Å². The van der Waals surface area contributed by atoms with Crippen LogP contribution in [0.3, 0.4) is 0 Å². The molecule has 1 aliphatic rings. The molecule has 186 valence electrons. The van der Waals surface area contributed by atoms with Crippen molar-refractivity contribution in [3.05, 3.63) is 59.7 Å². The number of likely N-dealkylation sites (tertiary alicyclic amines) is 1. The van der Waals surface area contributed by atoms with Crippen LogP contribution in [0.1, 0.15) is 61.5 Å². The number of ether oxygens (including phenoxy) is 2. The Morgan fingerprint density at radius 1 is 1.09 bits per heavy atom. The number of piperidine rings is 1. The third-order valence-electron chi connectivity index (χ3n) is 6.09. The lowest BCUT2D eigenvalue weighted by Crippen LogP contribution is -2.46. The molecule has 2 unspecified atom stereocenters. The van der Waals surface area contributed by atoms with Crippen molar-refractivity contribution in [3.8, 4) is 5.75 Å². The van der Waals surface area contributed by atoms with Gasteiger partial charge in [0.1, 0.15) is 5.75 Å².